The van der Waals surface area contributed by atoms with E-state index in [1.165, 1.54) is 4.90 Å². The first-order valence-corrected chi connectivity index (χ1v) is 8.85. The summed E-state index contributed by atoms with van der Waals surface area (Å²) in [7, 11) is 0. The number of likely N-dealkylation sites (tertiary alicyclic amines) is 1. The largest absolute Gasteiger partial charge is 0.370 e. The molecule has 2 aliphatic rings. The van der Waals surface area contributed by atoms with Crippen molar-refractivity contribution in [2.75, 3.05) is 6.54 Å². The topological polar surface area (TPSA) is 136 Å². The number of amides is 4. The average molecular weight is 352 g/mol. The summed E-state index contributed by atoms with van der Waals surface area (Å²) >= 11 is 0. The molecule has 1 aliphatic carbocycles. The molecule has 140 valence electrons. The summed E-state index contributed by atoms with van der Waals surface area (Å²) in [6.45, 7) is 4.18. The Bertz CT molecular complexity index is 567. The lowest BCUT2D eigenvalue weighted by Gasteiger charge is -2.54. The van der Waals surface area contributed by atoms with E-state index in [9.17, 15) is 19.2 Å². The number of nitrogens with one attached hydrogen (secondary N) is 1. The molecule has 8 heteroatoms. The third-order valence-corrected chi connectivity index (χ3v) is 5.37. The number of carbonyl (C=O) groups excluding carboxylic acids is 4. The number of nitrogens with two attached hydrogens (primary N) is 2. The average Bonchev–Trinajstić information content (AvgIpc) is 2.54. The molecular weight excluding hydrogens is 324 g/mol. The van der Waals surface area contributed by atoms with Crippen LogP contribution < -0.4 is 16.8 Å². The molecule has 2 fully saturated rings. The molecule has 0 aromatic carbocycles. The smallest absolute Gasteiger partial charge is 0.240 e. The maximum absolute atomic E-state index is 12.7. The molecule has 25 heavy (non-hydrogen) atoms. The standard InChI is InChI=1S/C17H28N4O4/c1-10(2)15(24)20-11-5-7-17(8-6-11)9-21(16(17)25)12(14(19)23)3-4-13(18)22/h10-12H,3-9H2,1-2H3,(H2,18,22)(H2,19,23)(H,20,24)/t11?,12-,17?/m0/s1. The Morgan fingerprint density at radius 3 is 2.28 bits per heavy atom. The number of rotatable bonds is 7. The van der Waals surface area contributed by atoms with E-state index in [0.29, 0.717) is 19.4 Å². The Labute approximate surface area is 147 Å². The van der Waals surface area contributed by atoms with Gasteiger partial charge in [0.25, 0.3) is 0 Å². The van der Waals surface area contributed by atoms with Crippen molar-refractivity contribution >= 4 is 23.6 Å². The van der Waals surface area contributed by atoms with Crippen LogP contribution in [0.2, 0.25) is 0 Å². The fraction of sp³-hybridized carbons (Fsp3) is 0.765. The summed E-state index contributed by atoms with van der Waals surface area (Å²) in [6, 6.07) is -0.673. The first-order chi connectivity index (χ1) is 11.7. The van der Waals surface area contributed by atoms with E-state index >= 15 is 0 Å². The summed E-state index contributed by atoms with van der Waals surface area (Å²) < 4.78 is 0. The lowest BCUT2D eigenvalue weighted by molar-refractivity contribution is -0.171. The molecule has 0 aromatic heterocycles. The number of carbonyl (C=O) groups is 4. The van der Waals surface area contributed by atoms with Gasteiger partial charge in [0.15, 0.2) is 0 Å². The minimum Gasteiger partial charge on any atom is -0.370 e. The molecule has 1 spiro atoms. The van der Waals surface area contributed by atoms with Crippen LogP contribution in [0.5, 0.6) is 0 Å². The van der Waals surface area contributed by atoms with Gasteiger partial charge in [0.2, 0.25) is 23.6 Å². The summed E-state index contributed by atoms with van der Waals surface area (Å²) in [5.74, 6) is -1.23. The van der Waals surface area contributed by atoms with E-state index in [4.69, 9.17) is 11.5 Å². The number of primary amides is 2. The normalized spacial score (nSPS) is 27.1. The van der Waals surface area contributed by atoms with Gasteiger partial charge in [0, 0.05) is 24.9 Å². The highest BCUT2D eigenvalue weighted by atomic mass is 16.2. The van der Waals surface area contributed by atoms with Gasteiger partial charge in [-0.05, 0) is 32.1 Å². The number of hydrogen-bond acceptors (Lipinski definition) is 4. The third kappa shape index (κ3) is 4.11. The summed E-state index contributed by atoms with van der Waals surface area (Å²) in [5, 5.41) is 3.01. The van der Waals surface area contributed by atoms with Crippen molar-refractivity contribution in [3.8, 4) is 0 Å². The van der Waals surface area contributed by atoms with Crippen molar-refractivity contribution < 1.29 is 19.2 Å². The molecule has 0 aromatic rings. The van der Waals surface area contributed by atoms with E-state index in [1.807, 2.05) is 13.8 Å². The van der Waals surface area contributed by atoms with Crippen molar-refractivity contribution in [3.05, 3.63) is 0 Å². The lowest BCUT2D eigenvalue weighted by atomic mass is 9.66. The number of hydrogen-bond donors (Lipinski definition) is 3. The molecule has 2 rings (SSSR count). The SMILES string of the molecule is CC(C)C(=O)NC1CCC2(CC1)CN([C@@H](CCC(N)=O)C(N)=O)C2=O. The highest BCUT2D eigenvalue weighted by molar-refractivity contribution is 5.94. The third-order valence-electron chi connectivity index (χ3n) is 5.37. The molecule has 1 aliphatic heterocycles. The summed E-state index contributed by atoms with van der Waals surface area (Å²) in [6.07, 6.45) is 3.06. The van der Waals surface area contributed by atoms with Crippen molar-refractivity contribution in [3.63, 3.8) is 0 Å². The van der Waals surface area contributed by atoms with Gasteiger partial charge in [-0.3, -0.25) is 19.2 Å². The zero-order valence-corrected chi connectivity index (χ0v) is 14.9. The second kappa shape index (κ2) is 7.41. The Kier molecular flexibility index (Phi) is 5.69. The predicted octanol–water partition coefficient (Wildman–Crippen LogP) is -0.351. The van der Waals surface area contributed by atoms with Gasteiger partial charge in [-0.15, -0.1) is 0 Å². The van der Waals surface area contributed by atoms with Gasteiger partial charge < -0.3 is 21.7 Å². The van der Waals surface area contributed by atoms with Crippen molar-refractivity contribution in [2.24, 2.45) is 22.8 Å². The van der Waals surface area contributed by atoms with E-state index in [-0.39, 0.29) is 36.6 Å². The zero-order valence-electron chi connectivity index (χ0n) is 14.9. The van der Waals surface area contributed by atoms with Crippen LogP contribution in [0.3, 0.4) is 0 Å². The Hall–Kier alpha value is -2.12. The molecular formula is C17H28N4O4. The van der Waals surface area contributed by atoms with Crippen molar-refractivity contribution in [2.45, 2.75) is 64.5 Å². The maximum Gasteiger partial charge on any atom is 0.240 e. The van der Waals surface area contributed by atoms with Crippen LogP contribution in [0, 0.1) is 11.3 Å². The molecule has 8 nitrogen and oxygen atoms in total. The van der Waals surface area contributed by atoms with Crippen LogP contribution in [0.1, 0.15) is 52.4 Å². The van der Waals surface area contributed by atoms with Crippen LogP contribution in [-0.4, -0.2) is 47.2 Å². The molecule has 0 radical (unpaired) electrons. The Morgan fingerprint density at radius 2 is 1.84 bits per heavy atom. The molecule has 5 N–H and O–H groups in total. The monoisotopic (exact) mass is 352 g/mol. The van der Waals surface area contributed by atoms with Crippen LogP contribution in [-0.2, 0) is 19.2 Å². The van der Waals surface area contributed by atoms with Crippen LogP contribution >= 0.6 is 0 Å². The molecule has 1 heterocycles. The van der Waals surface area contributed by atoms with Crippen LogP contribution in [0.15, 0.2) is 0 Å². The molecule has 1 saturated heterocycles. The lowest BCUT2D eigenvalue weighted by Crippen LogP contribution is -2.68. The zero-order chi connectivity index (χ0) is 18.8. The fourth-order valence-electron chi connectivity index (χ4n) is 3.72. The molecule has 0 bridgehead atoms. The quantitative estimate of drug-likeness (QED) is 0.539. The molecule has 1 atom stereocenters. The van der Waals surface area contributed by atoms with Gasteiger partial charge in [0.05, 0.1) is 5.41 Å². The molecule has 4 amide bonds. The first kappa shape index (κ1) is 19.2. The van der Waals surface area contributed by atoms with Gasteiger partial charge in [-0.25, -0.2) is 0 Å². The highest BCUT2D eigenvalue weighted by Gasteiger charge is 2.55. The molecule has 0 unspecified atom stereocenters. The van der Waals surface area contributed by atoms with Gasteiger partial charge in [-0.2, -0.15) is 0 Å². The predicted molar refractivity (Wildman–Crippen MR) is 90.8 cm³/mol. The van der Waals surface area contributed by atoms with E-state index in [2.05, 4.69) is 5.32 Å². The van der Waals surface area contributed by atoms with Crippen LogP contribution in [0.25, 0.3) is 0 Å². The maximum atomic E-state index is 12.7. The Morgan fingerprint density at radius 1 is 1.24 bits per heavy atom. The first-order valence-electron chi connectivity index (χ1n) is 8.85. The highest BCUT2D eigenvalue weighted by Crippen LogP contribution is 2.46. The van der Waals surface area contributed by atoms with Gasteiger partial charge in [0.1, 0.15) is 6.04 Å². The number of nitrogens with zero attached hydrogens (tertiary/aromatic N) is 1. The van der Waals surface area contributed by atoms with Gasteiger partial charge >= 0.3 is 0 Å². The second-order valence-corrected chi connectivity index (χ2v) is 7.57. The number of β-lactam (4-membered cyclic amide) rings is 1. The minimum absolute atomic E-state index is 0.0215. The van der Waals surface area contributed by atoms with Crippen molar-refractivity contribution in [1.82, 2.24) is 10.2 Å². The van der Waals surface area contributed by atoms with Crippen molar-refractivity contribution in [1.29, 1.82) is 0 Å². The van der Waals surface area contributed by atoms with E-state index < -0.39 is 23.3 Å². The van der Waals surface area contributed by atoms with Gasteiger partial charge in [-0.1, -0.05) is 13.8 Å². The summed E-state index contributed by atoms with van der Waals surface area (Å²) in [4.78, 5) is 48.5. The van der Waals surface area contributed by atoms with Crippen LogP contribution in [0.4, 0.5) is 0 Å². The van der Waals surface area contributed by atoms with E-state index in [1.54, 1.807) is 0 Å². The molecule has 1 saturated carbocycles. The van der Waals surface area contributed by atoms with E-state index in [0.717, 1.165) is 12.8 Å². The minimum atomic E-state index is -0.774. The Balaban J connectivity index is 1.90. The summed E-state index contributed by atoms with van der Waals surface area (Å²) in [5.41, 5.74) is 10.1. The second-order valence-electron chi connectivity index (χ2n) is 7.57. The fourth-order valence-corrected chi connectivity index (χ4v) is 3.72.